The minimum atomic E-state index is -4.12. The Kier molecular flexibility index (Phi) is 6.29. The molecule has 5 N–H and O–H groups in total. The molecule has 0 unspecified atom stereocenters. The van der Waals surface area contributed by atoms with E-state index in [9.17, 15) is 31.5 Å². The Bertz CT molecular complexity index is 1050. The van der Waals surface area contributed by atoms with E-state index in [1.807, 2.05) is 0 Å². The standard InChI is InChI=1S/C18H19F3N4O4S/c19-13-6-11(7-14(20)16(13)21)24-18(27)9-5-15(17(22)23-8-9)30(28,29)25-10-1-3-12(26)4-2-10/h5-8,10,12,25-26H,1-4H2,(H2,22,23)(H,24,27). The Labute approximate surface area is 170 Å². The summed E-state index contributed by atoms with van der Waals surface area (Å²) in [5.74, 6) is -5.94. The Balaban J connectivity index is 1.81. The van der Waals surface area contributed by atoms with Crippen molar-refractivity contribution >= 4 is 27.4 Å². The molecule has 1 aromatic heterocycles. The van der Waals surface area contributed by atoms with Crippen LogP contribution in [0.25, 0.3) is 0 Å². The lowest BCUT2D eigenvalue weighted by Gasteiger charge is -2.26. The van der Waals surface area contributed by atoms with Gasteiger partial charge >= 0.3 is 0 Å². The van der Waals surface area contributed by atoms with Crippen LogP contribution in [0.2, 0.25) is 0 Å². The van der Waals surface area contributed by atoms with Gasteiger partial charge in [0.25, 0.3) is 5.91 Å². The van der Waals surface area contributed by atoms with Crippen LogP contribution in [0, 0.1) is 17.5 Å². The van der Waals surface area contributed by atoms with Crippen molar-refractivity contribution in [2.24, 2.45) is 0 Å². The minimum Gasteiger partial charge on any atom is -0.393 e. The predicted octanol–water partition coefficient (Wildman–Crippen LogP) is 1.92. The van der Waals surface area contributed by atoms with Crippen LogP contribution in [0.15, 0.2) is 29.3 Å². The van der Waals surface area contributed by atoms with Crippen molar-refractivity contribution in [3.8, 4) is 0 Å². The van der Waals surface area contributed by atoms with Crippen molar-refractivity contribution in [1.82, 2.24) is 9.71 Å². The summed E-state index contributed by atoms with van der Waals surface area (Å²) >= 11 is 0. The van der Waals surface area contributed by atoms with Gasteiger partial charge in [-0.1, -0.05) is 0 Å². The lowest BCUT2D eigenvalue weighted by Crippen LogP contribution is -2.39. The highest BCUT2D eigenvalue weighted by Gasteiger charge is 2.27. The molecule has 0 atom stereocenters. The van der Waals surface area contributed by atoms with Crippen molar-refractivity contribution in [2.45, 2.75) is 42.7 Å². The number of nitrogens with one attached hydrogen (secondary N) is 2. The summed E-state index contributed by atoms with van der Waals surface area (Å²) in [4.78, 5) is 15.6. The summed E-state index contributed by atoms with van der Waals surface area (Å²) in [7, 11) is -4.12. The average molecular weight is 444 g/mol. The van der Waals surface area contributed by atoms with Crippen LogP contribution in [0.1, 0.15) is 36.0 Å². The van der Waals surface area contributed by atoms with E-state index in [2.05, 4.69) is 15.0 Å². The maximum absolute atomic E-state index is 13.3. The number of sulfonamides is 1. The summed E-state index contributed by atoms with van der Waals surface area (Å²) < 4.78 is 67.5. The first-order valence-electron chi connectivity index (χ1n) is 8.98. The van der Waals surface area contributed by atoms with Gasteiger partial charge in [0.15, 0.2) is 17.5 Å². The molecule has 3 rings (SSSR count). The van der Waals surface area contributed by atoms with E-state index in [1.165, 1.54) is 0 Å². The number of pyridine rings is 1. The largest absolute Gasteiger partial charge is 0.393 e. The number of aliphatic hydroxyl groups excluding tert-OH is 1. The molecule has 0 radical (unpaired) electrons. The van der Waals surface area contributed by atoms with Crippen molar-refractivity contribution in [3.05, 3.63) is 47.4 Å². The number of anilines is 2. The zero-order valence-corrected chi connectivity index (χ0v) is 16.3. The fourth-order valence-corrected chi connectivity index (χ4v) is 4.51. The number of hydrogen-bond donors (Lipinski definition) is 4. The number of rotatable bonds is 5. The molecule has 30 heavy (non-hydrogen) atoms. The number of aromatic nitrogens is 1. The smallest absolute Gasteiger partial charge is 0.257 e. The Morgan fingerprint density at radius 3 is 2.30 bits per heavy atom. The summed E-state index contributed by atoms with van der Waals surface area (Å²) in [5, 5.41) is 11.7. The Morgan fingerprint density at radius 2 is 1.70 bits per heavy atom. The fraction of sp³-hybridized carbons (Fsp3) is 0.333. The molecular weight excluding hydrogens is 425 g/mol. The third-order valence-electron chi connectivity index (χ3n) is 4.69. The number of carbonyl (C=O) groups excluding carboxylic acids is 1. The molecule has 0 bridgehead atoms. The molecule has 1 fully saturated rings. The van der Waals surface area contributed by atoms with Gasteiger partial charge in [0, 0.05) is 30.1 Å². The summed E-state index contributed by atoms with van der Waals surface area (Å²) in [6.45, 7) is 0. The molecule has 162 valence electrons. The topological polar surface area (TPSA) is 134 Å². The van der Waals surface area contributed by atoms with Gasteiger partial charge in [-0.15, -0.1) is 0 Å². The molecule has 0 saturated heterocycles. The third kappa shape index (κ3) is 4.89. The van der Waals surface area contributed by atoms with Gasteiger partial charge in [0.2, 0.25) is 10.0 Å². The Morgan fingerprint density at radius 1 is 1.10 bits per heavy atom. The molecule has 1 aromatic carbocycles. The first kappa shape index (κ1) is 22.0. The van der Waals surface area contributed by atoms with Crippen LogP contribution in [0.3, 0.4) is 0 Å². The lowest BCUT2D eigenvalue weighted by molar-refractivity contribution is 0.102. The summed E-state index contributed by atoms with van der Waals surface area (Å²) in [6.07, 6.45) is 2.32. The van der Waals surface area contributed by atoms with E-state index >= 15 is 0 Å². The molecule has 1 amide bonds. The first-order chi connectivity index (χ1) is 14.1. The van der Waals surface area contributed by atoms with Gasteiger partial charge in [-0.2, -0.15) is 0 Å². The Hall–Kier alpha value is -2.70. The van der Waals surface area contributed by atoms with Crippen molar-refractivity contribution < 1.29 is 31.5 Å². The average Bonchev–Trinajstić information content (AvgIpc) is 2.67. The lowest BCUT2D eigenvalue weighted by atomic mass is 9.94. The molecule has 1 aliphatic carbocycles. The van der Waals surface area contributed by atoms with Crippen molar-refractivity contribution in [3.63, 3.8) is 0 Å². The zero-order valence-electron chi connectivity index (χ0n) is 15.5. The second-order valence-corrected chi connectivity index (χ2v) is 8.62. The number of aliphatic hydroxyl groups is 1. The van der Waals surface area contributed by atoms with E-state index in [0.29, 0.717) is 37.8 Å². The highest BCUT2D eigenvalue weighted by atomic mass is 32.2. The number of nitrogen functional groups attached to an aromatic ring is 1. The van der Waals surface area contributed by atoms with Crippen LogP contribution in [-0.2, 0) is 10.0 Å². The molecule has 1 heterocycles. The van der Waals surface area contributed by atoms with E-state index in [4.69, 9.17) is 5.73 Å². The summed E-state index contributed by atoms with van der Waals surface area (Å²) in [6, 6.07) is 1.74. The van der Waals surface area contributed by atoms with E-state index in [1.54, 1.807) is 0 Å². The fourth-order valence-electron chi connectivity index (χ4n) is 3.10. The van der Waals surface area contributed by atoms with Gasteiger partial charge in [-0.25, -0.2) is 31.3 Å². The molecule has 8 nitrogen and oxygen atoms in total. The zero-order chi connectivity index (χ0) is 22.1. The van der Waals surface area contributed by atoms with Crippen LogP contribution < -0.4 is 15.8 Å². The van der Waals surface area contributed by atoms with Crippen LogP contribution >= 0.6 is 0 Å². The third-order valence-corrected chi connectivity index (χ3v) is 6.24. The minimum absolute atomic E-state index is 0.242. The van der Waals surface area contributed by atoms with E-state index in [-0.39, 0.29) is 17.1 Å². The van der Waals surface area contributed by atoms with Gasteiger partial charge < -0.3 is 16.2 Å². The second kappa shape index (κ2) is 8.58. The number of nitrogens with two attached hydrogens (primary N) is 1. The SMILES string of the molecule is Nc1ncc(C(=O)Nc2cc(F)c(F)c(F)c2)cc1S(=O)(=O)NC1CCC(O)CC1. The molecule has 0 spiro atoms. The number of halogens is 3. The number of benzene rings is 1. The predicted molar refractivity (Wildman–Crippen MR) is 102 cm³/mol. The van der Waals surface area contributed by atoms with E-state index < -0.39 is 50.4 Å². The second-order valence-electron chi connectivity index (χ2n) is 6.94. The number of hydrogen-bond acceptors (Lipinski definition) is 6. The van der Waals surface area contributed by atoms with Crippen LogP contribution in [0.5, 0.6) is 0 Å². The highest BCUT2D eigenvalue weighted by Crippen LogP contribution is 2.24. The van der Waals surface area contributed by atoms with Crippen molar-refractivity contribution in [2.75, 3.05) is 11.1 Å². The molecule has 1 saturated carbocycles. The van der Waals surface area contributed by atoms with Gasteiger partial charge in [0.1, 0.15) is 10.7 Å². The highest BCUT2D eigenvalue weighted by molar-refractivity contribution is 7.89. The van der Waals surface area contributed by atoms with Gasteiger partial charge in [-0.05, 0) is 31.7 Å². The monoisotopic (exact) mass is 444 g/mol. The number of amides is 1. The molecule has 2 aromatic rings. The molecular formula is C18H19F3N4O4S. The van der Waals surface area contributed by atoms with Crippen LogP contribution in [-0.4, -0.2) is 36.6 Å². The van der Waals surface area contributed by atoms with Gasteiger partial charge in [0.05, 0.1) is 11.7 Å². The maximum atomic E-state index is 13.3. The molecule has 1 aliphatic rings. The maximum Gasteiger partial charge on any atom is 0.257 e. The quantitative estimate of drug-likeness (QED) is 0.521. The van der Waals surface area contributed by atoms with E-state index in [0.717, 1.165) is 12.3 Å². The number of nitrogens with zero attached hydrogens (tertiary/aromatic N) is 1. The first-order valence-corrected chi connectivity index (χ1v) is 10.5. The summed E-state index contributed by atoms with van der Waals surface area (Å²) in [5.41, 5.74) is 5.06. The molecule has 12 heteroatoms. The number of carbonyl (C=O) groups is 1. The van der Waals surface area contributed by atoms with Crippen LogP contribution in [0.4, 0.5) is 24.7 Å². The van der Waals surface area contributed by atoms with Gasteiger partial charge in [-0.3, -0.25) is 4.79 Å². The normalized spacial score (nSPS) is 19.5. The molecule has 0 aliphatic heterocycles. The van der Waals surface area contributed by atoms with Crippen molar-refractivity contribution in [1.29, 1.82) is 0 Å².